The summed E-state index contributed by atoms with van der Waals surface area (Å²) in [6.45, 7) is 1.14. The number of nitrogens with one attached hydrogen (secondary N) is 1. The number of halogens is 1. The first-order valence-corrected chi connectivity index (χ1v) is 11.7. The van der Waals surface area contributed by atoms with Gasteiger partial charge in [-0.25, -0.2) is 0 Å². The Morgan fingerprint density at radius 3 is 2.62 bits per heavy atom. The third-order valence-electron chi connectivity index (χ3n) is 5.52. The minimum absolute atomic E-state index is 0.179. The maximum absolute atomic E-state index is 13.3. The van der Waals surface area contributed by atoms with Crippen LogP contribution in [0.3, 0.4) is 0 Å². The van der Waals surface area contributed by atoms with E-state index in [9.17, 15) is 14.4 Å². The van der Waals surface area contributed by atoms with Crippen LogP contribution >= 0.6 is 23.4 Å². The van der Waals surface area contributed by atoms with Gasteiger partial charge in [-0.2, -0.15) is 0 Å². The lowest BCUT2D eigenvalue weighted by Crippen LogP contribution is -2.52. The van der Waals surface area contributed by atoms with E-state index in [2.05, 4.69) is 5.32 Å². The lowest BCUT2D eigenvalue weighted by atomic mass is 10.1. The van der Waals surface area contributed by atoms with Gasteiger partial charge >= 0.3 is 0 Å². The van der Waals surface area contributed by atoms with Gasteiger partial charge in [-0.05, 0) is 49.6 Å². The number of thioether (sulfide) groups is 1. The maximum atomic E-state index is 13.3. The summed E-state index contributed by atoms with van der Waals surface area (Å²) in [6.07, 6.45) is 2.99. The lowest BCUT2D eigenvalue weighted by molar-refractivity contribution is -0.135. The summed E-state index contributed by atoms with van der Waals surface area (Å²) in [5.41, 5.74) is 1.13. The molecule has 0 aliphatic carbocycles. The van der Waals surface area contributed by atoms with Crippen LogP contribution in [0.2, 0.25) is 5.02 Å². The minimum atomic E-state index is -0.883. The average Bonchev–Trinajstić information content (AvgIpc) is 2.81. The molecule has 0 radical (unpaired) electrons. The highest BCUT2D eigenvalue weighted by Crippen LogP contribution is 2.40. The predicted octanol–water partition coefficient (Wildman–Crippen LogP) is 3.81. The molecule has 2 aromatic carbocycles. The molecular weight excluding hydrogens is 450 g/mol. The monoisotopic (exact) mass is 473 g/mol. The number of nitrogens with zero attached hydrogens (tertiary/aromatic N) is 2. The Labute approximate surface area is 196 Å². The first kappa shape index (κ1) is 22.5. The summed E-state index contributed by atoms with van der Waals surface area (Å²) in [5, 5.41) is 2.25. The van der Waals surface area contributed by atoms with E-state index in [-0.39, 0.29) is 24.3 Å². The van der Waals surface area contributed by atoms with Crippen molar-refractivity contribution in [3.63, 3.8) is 0 Å². The van der Waals surface area contributed by atoms with Crippen molar-refractivity contribution >= 4 is 52.5 Å². The highest BCUT2D eigenvalue weighted by molar-refractivity contribution is 8.01. The van der Waals surface area contributed by atoms with Gasteiger partial charge in [0.2, 0.25) is 11.8 Å². The zero-order valence-electron chi connectivity index (χ0n) is 17.7. The molecule has 1 saturated heterocycles. The summed E-state index contributed by atoms with van der Waals surface area (Å²) >= 11 is 7.40. The van der Waals surface area contributed by atoms with Crippen molar-refractivity contribution in [1.82, 2.24) is 4.90 Å². The number of piperidine rings is 1. The molecule has 1 N–H and O–H groups in total. The molecule has 3 amide bonds. The van der Waals surface area contributed by atoms with Gasteiger partial charge in [0.25, 0.3) is 5.91 Å². The molecule has 7 nitrogen and oxygen atoms in total. The van der Waals surface area contributed by atoms with Gasteiger partial charge in [0.15, 0.2) is 5.25 Å². The quantitative estimate of drug-likeness (QED) is 0.668. The molecule has 9 heteroatoms. The highest BCUT2D eigenvalue weighted by Gasteiger charge is 2.41. The van der Waals surface area contributed by atoms with Gasteiger partial charge in [-0.3, -0.25) is 14.4 Å². The Morgan fingerprint density at radius 2 is 1.91 bits per heavy atom. The van der Waals surface area contributed by atoms with Gasteiger partial charge < -0.3 is 19.9 Å². The Kier molecular flexibility index (Phi) is 6.91. The zero-order chi connectivity index (χ0) is 22.7. The fourth-order valence-corrected chi connectivity index (χ4v) is 5.35. The molecule has 0 bridgehead atoms. The van der Waals surface area contributed by atoms with Crippen LogP contribution in [0.5, 0.6) is 5.75 Å². The van der Waals surface area contributed by atoms with Crippen LogP contribution in [0.25, 0.3) is 0 Å². The number of carbonyl (C=O) groups is 3. The van der Waals surface area contributed by atoms with Crippen LogP contribution in [0.15, 0.2) is 47.4 Å². The van der Waals surface area contributed by atoms with E-state index in [0.717, 1.165) is 24.2 Å². The number of likely N-dealkylation sites (tertiary alicyclic amines) is 1. The van der Waals surface area contributed by atoms with E-state index in [1.807, 2.05) is 18.2 Å². The first-order chi connectivity index (χ1) is 15.5. The molecule has 1 atom stereocenters. The highest BCUT2D eigenvalue weighted by atomic mass is 35.5. The molecule has 2 aliphatic rings. The van der Waals surface area contributed by atoms with Crippen molar-refractivity contribution in [3.8, 4) is 5.75 Å². The van der Waals surface area contributed by atoms with Crippen LogP contribution in [0.1, 0.15) is 19.3 Å². The number of hydrogen-bond donors (Lipinski definition) is 1. The fourth-order valence-electron chi connectivity index (χ4n) is 3.90. The van der Waals surface area contributed by atoms with Crippen molar-refractivity contribution in [1.29, 1.82) is 0 Å². The summed E-state index contributed by atoms with van der Waals surface area (Å²) in [5.74, 6) is -0.430. The first-order valence-electron chi connectivity index (χ1n) is 10.5. The summed E-state index contributed by atoms with van der Waals surface area (Å²) in [7, 11) is 1.51. The molecule has 168 valence electrons. The van der Waals surface area contributed by atoms with Crippen LogP contribution in [0, 0.1) is 0 Å². The zero-order valence-corrected chi connectivity index (χ0v) is 19.2. The predicted molar refractivity (Wildman–Crippen MR) is 126 cm³/mol. The van der Waals surface area contributed by atoms with Crippen LogP contribution in [-0.4, -0.2) is 54.6 Å². The number of rotatable bonds is 5. The largest absolute Gasteiger partial charge is 0.495 e. The second kappa shape index (κ2) is 9.83. The molecule has 0 spiro atoms. The van der Waals surface area contributed by atoms with Gasteiger partial charge in [0.1, 0.15) is 12.3 Å². The summed E-state index contributed by atoms with van der Waals surface area (Å²) < 4.78 is 5.13. The van der Waals surface area contributed by atoms with Gasteiger partial charge in [-0.1, -0.05) is 23.7 Å². The van der Waals surface area contributed by atoms with Gasteiger partial charge in [-0.15, -0.1) is 11.8 Å². The maximum Gasteiger partial charge on any atom is 0.250 e. The van der Waals surface area contributed by atoms with Crippen molar-refractivity contribution < 1.29 is 19.1 Å². The number of fused-ring (bicyclic) bond motifs is 1. The number of ether oxygens (including phenoxy) is 1. The molecule has 0 aromatic heterocycles. The van der Waals surface area contributed by atoms with Crippen LogP contribution in [-0.2, 0) is 14.4 Å². The Hall–Kier alpha value is -2.71. The fraction of sp³-hybridized carbons (Fsp3) is 0.348. The number of hydrogen-bond acceptors (Lipinski definition) is 5. The van der Waals surface area contributed by atoms with E-state index in [1.54, 1.807) is 29.2 Å². The van der Waals surface area contributed by atoms with Crippen molar-refractivity contribution in [2.75, 3.05) is 37.0 Å². The summed E-state index contributed by atoms with van der Waals surface area (Å²) in [6, 6.07) is 12.3. The van der Waals surface area contributed by atoms with E-state index in [4.69, 9.17) is 16.3 Å². The number of methoxy groups -OCH3 is 1. The average molecular weight is 474 g/mol. The second-order valence-electron chi connectivity index (χ2n) is 7.67. The molecule has 2 aromatic rings. The standard InChI is InChI=1S/C23H24ClN3O4S/c1-31-18-10-9-15(13-16(18)24)25-20(28)14-27-17-7-3-4-8-19(17)32-21(23(27)30)22(29)26-11-5-2-6-12-26/h3-4,7-10,13,21H,2,5-6,11-12,14H2,1H3,(H,25,28). The van der Waals surface area contributed by atoms with Crippen molar-refractivity contribution in [2.24, 2.45) is 0 Å². The third-order valence-corrected chi connectivity index (χ3v) is 7.05. The number of para-hydroxylation sites is 1. The van der Waals surface area contributed by atoms with Crippen LogP contribution < -0.4 is 15.0 Å². The van der Waals surface area contributed by atoms with Gasteiger partial charge in [0, 0.05) is 23.7 Å². The van der Waals surface area contributed by atoms with E-state index in [0.29, 0.717) is 35.2 Å². The number of carbonyl (C=O) groups excluding carboxylic acids is 3. The molecule has 2 aliphatic heterocycles. The Morgan fingerprint density at radius 1 is 1.16 bits per heavy atom. The number of anilines is 2. The topological polar surface area (TPSA) is 79.0 Å². The Bertz CT molecular complexity index is 1040. The molecule has 1 fully saturated rings. The van der Waals surface area contributed by atoms with Crippen molar-refractivity contribution in [2.45, 2.75) is 29.4 Å². The molecule has 0 saturated carbocycles. The number of amides is 3. The van der Waals surface area contributed by atoms with E-state index < -0.39 is 5.25 Å². The molecule has 2 heterocycles. The normalized spacial score (nSPS) is 18.2. The van der Waals surface area contributed by atoms with Crippen molar-refractivity contribution in [3.05, 3.63) is 47.5 Å². The molecule has 4 rings (SSSR count). The number of benzene rings is 2. The Balaban J connectivity index is 1.53. The second-order valence-corrected chi connectivity index (χ2v) is 9.23. The smallest absolute Gasteiger partial charge is 0.250 e. The van der Waals surface area contributed by atoms with E-state index >= 15 is 0 Å². The summed E-state index contributed by atoms with van der Waals surface area (Å²) in [4.78, 5) is 43.2. The lowest BCUT2D eigenvalue weighted by Gasteiger charge is -2.36. The third kappa shape index (κ3) is 4.71. The molecular formula is C23H24ClN3O4S. The van der Waals surface area contributed by atoms with Gasteiger partial charge in [0.05, 0.1) is 17.8 Å². The molecule has 32 heavy (non-hydrogen) atoms. The minimum Gasteiger partial charge on any atom is -0.495 e. The van der Waals surface area contributed by atoms with E-state index in [1.165, 1.54) is 23.8 Å². The molecule has 1 unspecified atom stereocenters. The SMILES string of the molecule is COc1ccc(NC(=O)CN2C(=O)C(C(=O)N3CCCCC3)Sc3ccccc32)cc1Cl. The van der Waals surface area contributed by atoms with Crippen LogP contribution in [0.4, 0.5) is 11.4 Å².